The Bertz CT molecular complexity index is 1370. The molecule has 0 aliphatic heterocycles. The van der Waals surface area contributed by atoms with E-state index in [-0.39, 0.29) is 32.2 Å². The van der Waals surface area contributed by atoms with Crippen molar-refractivity contribution in [2.24, 2.45) is 0 Å². The highest BCUT2D eigenvalue weighted by atomic mass is 31.2. The number of ether oxygens (including phenoxy) is 2. The van der Waals surface area contributed by atoms with Crippen LogP contribution >= 0.6 is 7.82 Å². The summed E-state index contributed by atoms with van der Waals surface area (Å²) in [6, 6.07) is 0. The summed E-state index contributed by atoms with van der Waals surface area (Å²) in [6.45, 7) is 5.17. The number of quaternary nitrogens is 1. The summed E-state index contributed by atoms with van der Waals surface area (Å²) >= 11 is 0. The summed E-state index contributed by atoms with van der Waals surface area (Å²) in [4.78, 5) is 25.1. The number of esters is 1. The predicted molar refractivity (Wildman–Crippen MR) is 268 cm³/mol. The Balaban J connectivity index is 4.30. The minimum absolute atomic E-state index is 0.0104. The highest BCUT2D eigenvalue weighted by Gasteiger charge is 2.20. The first-order valence-corrected chi connectivity index (χ1v) is 26.1. The maximum atomic E-state index is 12.7. The van der Waals surface area contributed by atoms with Gasteiger partial charge < -0.3 is 27.9 Å². The van der Waals surface area contributed by atoms with E-state index < -0.39 is 13.9 Å². The van der Waals surface area contributed by atoms with Crippen molar-refractivity contribution in [1.82, 2.24) is 0 Å². The Morgan fingerprint density at radius 2 is 0.921 bits per heavy atom. The first-order chi connectivity index (χ1) is 30.6. The van der Waals surface area contributed by atoms with Crippen LogP contribution in [-0.4, -0.2) is 70.7 Å². The zero-order valence-corrected chi connectivity index (χ0v) is 41.6. The molecule has 0 fully saturated rings. The van der Waals surface area contributed by atoms with E-state index in [4.69, 9.17) is 18.5 Å². The lowest BCUT2D eigenvalue weighted by Crippen LogP contribution is -2.37. The first kappa shape index (κ1) is 60.2. The van der Waals surface area contributed by atoms with Crippen LogP contribution in [0.4, 0.5) is 0 Å². The molecule has 0 saturated heterocycles. The fourth-order valence-corrected chi connectivity index (χ4v) is 6.75. The molecule has 360 valence electrons. The van der Waals surface area contributed by atoms with Gasteiger partial charge >= 0.3 is 5.97 Å². The molecule has 0 saturated carbocycles. The number of phosphoric ester groups is 1. The van der Waals surface area contributed by atoms with Gasteiger partial charge in [0.1, 0.15) is 19.3 Å². The van der Waals surface area contributed by atoms with E-state index in [1.165, 1.54) is 44.9 Å². The number of rotatable bonds is 44. The molecule has 63 heavy (non-hydrogen) atoms. The Morgan fingerprint density at radius 1 is 0.508 bits per heavy atom. The number of hydrogen-bond acceptors (Lipinski definition) is 7. The van der Waals surface area contributed by atoms with Crippen molar-refractivity contribution >= 4 is 13.8 Å². The SMILES string of the molecule is CC/C=C\C/C=C\C/C=C\C/C=C\C/C=C\C/C=C\C/C=C\CCCCCC(=O)OC(COCCCCCCCC/C=C\C/C=C\CCCCC)COP(=O)([O-])OCC[N+](C)(C)C. The summed E-state index contributed by atoms with van der Waals surface area (Å²) in [5.74, 6) is -0.374. The number of allylic oxidation sites excluding steroid dienone is 18. The van der Waals surface area contributed by atoms with Crippen LogP contribution in [0.5, 0.6) is 0 Å². The fourth-order valence-electron chi connectivity index (χ4n) is 6.03. The van der Waals surface area contributed by atoms with Crippen molar-refractivity contribution < 1.29 is 37.3 Å². The monoisotopic (exact) mass is 898 g/mol. The predicted octanol–water partition coefficient (Wildman–Crippen LogP) is 14.5. The third-order valence-electron chi connectivity index (χ3n) is 9.81. The zero-order chi connectivity index (χ0) is 46.2. The molecule has 0 aromatic heterocycles. The van der Waals surface area contributed by atoms with Crippen molar-refractivity contribution in [3.63, 3.8) is 0 Å². The van der Waals surface area contributed by atoms with E-state index in [1.807, 2.05) is 21.1 Å². The quantitative estimate of drug-likeness (QED) is 0.0198. The molecule has 0 aliphatic carbocycles. The number of phosphoric acid groups is 1. The van der Waals surface area contributed by atoms with Gasteiger partial charge in [0.15, 0.2) is 0 Å². The molecule has 2 atom stereocenters. The van der Waals surface area contributed by atoms with Crippen molar-refractivity contribution in [2.75, 3.05) is 54.1 Å². The molecule has 0 rings (SSSR count). The van der Waals surface area contributed by atoms with Crippen LogP contribution in [0.3, 0.4) is 0 Å². The molecule has 0 radical (unpaired) electrons. The molecule has 0 heterocycles. The van der Waals surface area contributed by atoms with Crippen molar-refractivity contribution in [2.45, 2.75) is 174 Å². The van der Waals surface area contributed by atoms with Crippen molar-refractivity contribution in [3.05, 3.63) is 109 Å². The van der Waals surface area contributed by atoms with E-state index in [0.29, 0.717) is 24.1 Å². The van der Waals surface area contributed by atoms with Gasteiger partial charge in [0.05, 0.1) is 34.4 Å². The van der Waals surface area contributed by atoms with Gasteiger partial charge in [-0.3, -0.25) is 9.36 Å². The lowest BCUT2D eigenvalue weighted by atomic mass is 10.1. The van der Waals surface area contributed by atoms with Crippen LogP contribution in [0.15, 0.2) is 109 Å². The Labute approximate surface area is 387 Å². The topological polar surface area (TPSA) is 94.1 Å². The number of nitrogens with zero attached hydrogens (tertiary/aromatic N) is 1. The fraction of sp³-hybridized carbons (Fsp3) is 0.648. The highest BCUT2D eigenvalue weighted by molar-refractivity contribution is 7.45. The van der Waals surface area contributed by atoms with E-state index in [0.717, 1.165) is 96.3 Å². The molecule has 0 amide bonds. The summed E-state index contributed by atoms with van der Waals surface area (Å²) in [6.07, 6.45) is 63.9. The second kappa shape index (κ2) is 45.7. The third-order valence-corrected chi connectivity index (χ3v) is 10.8. The van der Waals surface area contributed by atoms with E-state index in [9.17, 15) is 14.3 Å². The largest absolute Gasteiger partial charge is 0.756 e. The Kier molecular flexibility index (Phi) is 43.7. The molecule has 0 spiro atoms. The van der Waals surface area contributed by atoms with E-state index in [2.05, 4.69) is 123 Å². The summed E-state index contributed by atoms with van der Waals surface area (Å²) < 4.78 is 34.6. The molecule has 0 aliphatic rings. The molecule has 2 unspecified atom stereocenters. The molecule has 0 N–H and O–H groups in total. The normalized spacial score (nSPS) is 14.6. The molecule has 8 nitrogen and oxygen atoms in total. The molecular formula is C54H92NO7P. The number of carbonyl (C=O) groups excluding carboxylic acids is 1. The molecule has 0 aromatic carbocycles. The van der Waals surface area contributed by atoms with E-state index >= 15 is 0 Å². The van der Waals surface area contributed by atoms with Gasteiger partial charge in [-0.25, -0.2) is 0 Å². The standard InChI is InChI=1S/C54H92NO7P/c1-6-8-10-12-14-16-18-20-22-24-25-26-27-28-29-30-31-32-33-35-37-39-41-43-45-47-54(56)62-53(52-61-63(57,58)60-50-48-55(3,4)5)51-59-49-46-44-42-40-38-36-34-23-21-19-17-15-13-11-9-7-2/h8,10,14-17,20-23,25-26,28-29,31-32,35,37,53H,6-7,9,11-13,18-19,24,27,30,33-34,36,38-52H2,1-5H3/b10-8-,16-14-,17-15-,22-20-,23-21-,26-25-,29-28-,32-31-,37-35-. The van der Waals surface area contributed by atoms with E-state index in [1.54, 1.807) is 0 Å². The van der Waals surface area contributed by atoms with Gasteiger partial charge in [0, 0.05) is 13.0 Å². The van der Waals surface area contributed by atoms with Gasteiger partial charge in [0.25, 0.3) is 7.82 Å². The zero-order valence-electron chi connectivity index (χ0n) is 40.7. The minimum Gasteiger partial charge on any atom is -0.756 e. The van der Waals surface area contributed by atoms with Crippen LogP contribution < -0.4 is 4.89 Å². The van der Waals surface area contributed by atoms with Crippen LogP contribution in [0.2, 0.25) is 0 Å². The molecule has 9 heteroatoms. The average molecular weight is 898 g/mol. The van der Waals surface area contributed by atoms with Gasteiger partial charge in [-0.2, -0.15) is 0 Å². The van der Waals surface area contributed by atoms with Gasteiger partial charge in [-0.1, -0.05) is 168 Å². The lowest BCUT2D eigenvalue weighted by molar-refractivity contribution is -0.870. The number of unbranched alkanes of at least 4 members (excludes halogenated alkanes) is 12. The van der Waals surface area contributed by atoms with Crippen molar-refractivity contribution in [3.8, 4) is 0 Å². The van der Waals surface area contributed by atoms with Crippen LogP contribution in [-0.2, 0) is 27.9 Å². The molecule has 0 aromatic rings. The van der Waals surface area contributed by atoms with Gasteiger partial charge in [0.2, 0.25) is 0 Å². The van der Waals surface area contributed by atoms with Crippen molar-refractivity contribution in [1.29, 1.82) is 0 Å². The number of likely N-dealkylation sites (N-methyl/N-ethyl adjacent to an activating group) is 1. The summed E-state index contributed by atoms with van der Waals surface area (Å²) in [5, 5.41) is 0. The van der Waals surface area contributed by atoms with Gasteiger partial charge in [-0.15, -0.1) is 0 Å². The third kappa shape index (κ3) is 50.0. The number of carbonyl (C=O) groups is 1. The minimum atomic E-state index is -4.55. The summed E-state index contributed by atoms with van der Waals surface area (Å²) in [5.41, 5.74) is 0. The lowest BCUT2D eigenvalue weighted by Gasteiger charge is -2.28. The van der Waals surface area contributed by atoms with Crippen LogP contribution in [0.25, 0.3) is 0 Å². The molecular weight excluding hydrogens is 806 g/mol. The smallest absolute Gasteiger partial charge is 0.306 e. The maximum absolute atomic E-state index is 12.7. The Morgan fingerprint density at radius 3 is 1.38 bits per heavy atom. The first-order valence-electron chi connectivity index (χ1n) is 24.6. The average Bonchev–Trinajstić information content (AvgIpc) is 3.24. The Hall–Kier alpha value is -2.84. The van der Waals surface area contributed by atoms with Gasteiger partial charge in [-0.05, 0) is 103 Å². The van der Waals surface area contributed by atoms with Crippen LogP contribution in [0, 0.1) is 0 Å². The number of hydrogen-bond donors (Lipinski definition) is 0. The maximum Gasteiger partial charge on any atom is 0.306 e. The second-order valence-corrected chi connectivity index (χ2v) is 18.5. The highest BCUT2D eigenvalue weighted by Crippen LogP contribution is 2.38. The molecule has 0 bridgehead atoms. The van der Waals surface area contributed by atoms with Crippen LogP contribution in [0.1, 0.15) is 168 Å². The second-order valence-electron chi connectivity index (χ2n) is 17.1. The summed E-state index contributed by atoms with van der Waals surface area (Å²) in [7, 11) is 1.31.